The summed E-state index contributed by atoms with van der Waals surface area (Å²) in [5.41, 5.74) is 7.94. The zero-order chi connectivity index (χ0) is 25.4. The largest absolute Gasteiger partial charge is 0.384 e. The first-order chi connectivity index (χ1) is 18.0. The Morgan fingerprint density at radius 3 is 2.62 bits per heavy atom. The first-order valence-corrected chi connectivity index (χ1v) is 12.1. The van der Waals surface area contributed by atoms with Crippen LogP contribution in [0.5, 0.6) is 0 Å². The van der Waals surface area contributed by atoms with Crippen LogP contribution in [0.2, 0.25) is 0 Å². The zero-order valence-electron chi connectivity index (χ0n) is 20.6. The van der Waals surface area contributed by atoms with Gasteiger partial charge in [-0.2, -0.15) is 5.10 Å². The lowest BCUT2D eigenvalue weighted by molar-refractivity contribution is 0.425. The van der Waals surface area contributed by atoms with Crippen LogP contribution in [-0.2, 0) is 0 Å². The predicted molar refractivity (Wildman–Crippen MR) is 147 cm³/mol. The topological polar surface area (TPSA) is 85.5 Å². The minimum atomic E-state index is -0.293. The highest BCUT2D eigenvalue weighted by Gasteiger charge is 2.15. The van der Waals surface area contributed by atoms with Crippen LogP contribution in [0.3, 0.4) is 0 Å². The normalized spacial score (nSPS) is 11.6. The van der Waals surface area contributed by atoms with Crippen LogP contribution >= 0.6 is 0 Å². The SMILES string of the molecule is CN(C)CCNc1cc(F)cc(-c2cncc3[nH]c(-c4n[nH]c5ccc(-c6cccnc6)cc45)cc23)c1. The Morgan fingerprint density at radius 1 is 0.865 bits per heavy atom. The Hall–Kier alpha value is -4.56. The number of hydrogen-bond acceptors (Lipinski definition) is 5. The van der Waals surface area contributed by atoms with Crippen LogP contribution in [0.1, 0.15) is 0 Å². The molecule has 0 saturated carbocycles. The molecule has 4 aromatic heterocycles. The van der Waals surface area contributed by atoms with Crippen LogP contribution in [0.4, 0.5) is 10.1 Å². The number of rotatable bonds is 7. The quantitative estimate of drug-likeness (QED) is 0.257. The summed E-state index contributed by atoms with van der Waals surface area (Å²) in [5.74, 6) is -0.293. The monoisotopic (exact) mass is 491 g/mol. The second-order valence-electron chi connectivity index (χ2n) is 9.36. The number of benzene rings is 2. The summed E-state index contributed by atoms with van der Waals surface area (Å²) in [7, 11) is 4.02. The van der Waals surface area contributed by atoms with Crippen molar-refractivity contribution in [1.82, 2.24) is 30.0 Å². The Kier molecular flexibility index (Phi) is 5.86. The van der Waals surface area contributed by atoms with E-state index in [4.69, 9.17) is 0 Å². The molecule has 4 heterocycles. The van der Waals surface area contributed by atoms with Crippen molar-refractivity contribution in [3.05, 3.63) is 85.2 Å². The number of anilines is 1. The van der Waals surface area contributed by atoms with Crippen LogP contribution < -0.4 is 5.32 Å². The van der Waals surface area contributed by atoms with Gasteiger partial charge in [0.05, 0.1) is 22.9 Å². The van der Waals surface area contributed by atoms with Crippen LogP contribution in [0, 0.1) is 5.82 Å². The van der Waals surface area contributed by atoms with E-state index in [0.29, 0.717) is 0 Å². The fourth-order valence-corrected chi connectivity index (χ4v) is 4.61. The van der Waals surface area contributed by atoms with Gasteiger partial charge in [-0.25, -0.2) is 4.39 Å². The molecule has 6 rings (SSSR count). The van der Waals surface area contributed by atoms with Gasteiger partial charge in [0, 0.05) is 59.3 Å². The Labute approximate surface area is 213 Å². The number of aromatic nitrogens is 5. The number of pyridine rings is 2. The average Bonchev–Trinajstić information content (AvgIpc) is 3.52. The third-order valence-corrected chi connectivity index (χ3v) is 6.46. The molecule has 0 atom stereocenters. The summed E-state index contributed by atoms with van der Waals surface area (Å²) in [5, 5.41) is 13.0. The van der Waals surface area contributed by atoms with Crippen molar-refractivity contribution in [2.75, 3.05) is 32.5 Å². The van der Waals surface area contributed by atoms with Crippen LogP contribution in [0.25, 0.3) is 55.4 Å². The van der Waals surface area contributed by atoms with Gasteiger partial charge in [-0.1, -0.05) is 12.1 Å². The van der Waals surface area contributed by atoms with E-state index in [1.807, 2.05) is 44.6 Å². The number of halogens is 1. The third kappa shape index (κ3) is 4.54. The molecular formula is C29H26FN7. The fraction of sp³-hybridized carbons (Fsp3) is 0.138. The molecule has 7 nitrogen and oxygen atoms in total. The highest BCUT2D eigenvalue weighted by atomic mass is 19.1. The summed E-state index contributed by atoms with van der Waals surface area (Å²) in [6.07, 6.45) is 7.18. The molecule has 0 aliphatic heterocycles. The van der Waals surface area contributed by atoms with E-state index in [1.54, 1.807) is 24.7 Å². The predicted octanol–water partition coefficient (Wildman–Crippen LogP) is 5.95. The van der Waals surface area contributed by atoms with Gasteiger partial charge in [0.25, 0.3) is 0 Å². The molecule has 3 N–H and O–H groups in total. The maximum atomic E-state index is 14.6. The molecule has 0 saturated heterocycles. The van der Waals surface area contributed by atoms with Gasteiger partial charge in [0.15, 0.2) is 0 Å². The first-order valence-electron chi connectivity index (χ1n) is 12.1. The molecule has 184 valence electrons. The van der Waals surface area contributed by atoms with Crippen LogP contribution in [-0.4, -0.2) is 57.2 Å². The molecule has 0 aliphatic rings. The van der Waals surface area contributed by atoms with Gasteiger partial charge >= 0.3 is 0 Å². The van der Waals surface area contributed by atoms with Crippen molar-refractivity contribution >= 4 is 27.5 Å². The van der Waals surface area contributed by atoms with Crippen molar-refractivity contribution < 1.29 is 4.39 Å². The molecule has 37 heavy (non-hydrogen) atoms. The number of aromatic amines is 2. The smallest absolute Gasteiger partial charge is 0.125 e. The van der Waals surface area contributed by atoms with Gasteiger partial charge in [-0.15, -0.1) is 0 Å². The molecule has 8 heteroatoms. The molecule has 2 aromatic carbocycles. The number of likely N-dealkylation sites (N-methyl/N-ethyl adjacent to an activating group) is 1. The van der Waals surface area contributed by atoms with Crippen LogP contribution in [0.15, 0.2) is 79.4 Å². The minimum Gasteiger partial charge on any atom is -0.384 e. The zero-order valence-corrected chi connectivity index (χ0v) is 20.6. The van der Waals surface area contributed by atoms with E-state index in [-0.39, 0.29) is 5.82 Å². The molecule has 0 spiro atoms. The number of nitrogens with zero attached hydrogens (tertiary/aromatic N) is 4. The highest BCUT2D eigenvalue weighted by Crippen LogP contribution is 2.35. The van der Waals surface area contributed by atoms with Crippen molar-refractivity contribution in [2.45, 2.75) is 0 Å². The number of hydrogen-bond donors (Lipinski definition) is 3. The number of fused-ring (bicyclic) bond motifs is 2. The standard InChI is InChI=1S/C29H26FN7/c1-37(2)9-8-33-22-11-20(10-21(30)13-22)25-16-32-17-28-23(25)14-27(34-28)29-24-12-18(5-6-26(24)35-36-29)19-4-3-7-31-15-19/h3-7,10-17,33-34H,8-9H2,1-2H3,(H,35,36). The van der Waals surface area contributed by atoms with Crippen molar-refractivity contribution in [3.63, 3.8) is 0 Å². The molecule has 0 amide bonds. The summed E-state index contributed by atoms with van der Waals surface area (Å²) in [6, 6.07) is 17.3. The van der Waals surface area contributed by atoms with Crippen molar-refractivity contribution in [3.8, 4) is 33.6 Å². The molecule has 0 fully saturated rings. The van der Waals surface area contributed by atoms with Gasteiger partial charge in [0.1, 0.15) is 11.5 Å². The summed E-state index contributed by atoms with van der Waals surface area (Å²) in [4.78, 5) is 14.2. The average molecular weight is 492 g/mol. The minimum absolute atomic E-state index is 0.293. The Balaban J connectivity index is 1.41. The molecule has 0 bridgehead atoms. The summed E-state index contributed by atoms with van der Waals surface area (Å²) >= 11 is 0. The molecule has 6 aromatic rings. The molecule has 0 aliphatic carbocycles. The molecule has 0 unspecified atom stereocenters. The van der Waals surface area contributed by atoms with E-state index in [1.165, 1.54) is 6.07 Å². The van der Waals surface area contributed by atoms with Gasteiger partial charge < -0.3 is 15.2 Å². The van der Waals surface area contributed by atoms with Gasteiger partial charge in [-0.3, -0.25) is 15.1 Å². The maximum Gasteiger partial charge on any atom is 0.125 e. The van der Waals surface area contributed by atoms with Crippen molar-refractivity contribution in [1.29, 1.82) is 0 Å². The number of nitrogens with one attached hydrogen (secondary N) is 3. The second-order valence-corrected chi connectivity index (χ2v) is 9.36. The van der Waals surface area contributed by atoms with E-state index in [0.717, 1.165) is 74.2 Å². The van der Waals surface area contributed by atoms with E-state index < -0.39 is 0 Å². The lowest BCUT2D eigenvalue weighted by Gasteiger charge is -2.13. The maximum absolute atomic E-state index is 14.6. The Morgan fingerprint density at radius 2 is 1.78 bits per heavy atom. The second kappa shape index (κ2) is 9.48. The van der Waals surface area contributed by atoms with Crippen molar-refractivity contribution in [2.24, 2.45) is 0 Å². The van der Waals surface area contributed by atoms with E-state index >= 15 is 0 Å². The lowest BCUT2D eigenvalue weighted by atomic mass is 10.0. The lowest BCUT2D eigenvalue weighted by Crippen LogP contribution is -2.20. The molecular weight excluding hydrogens is 465 g/mol. The summed E-state index contributed by atoms with van der Waals surface area (Å²) < 4.78 is 14.6. The fourth-order valence-electron chi connectivity index (χ4n) is 4.61. The van der Waals surface area contributed by atoms with Gasteiger partial charge in [0.2, 0.25) is 0 Å². The third-order valence-electron chi connectivity index (χ3n) is 6.46. The summed E-state index contributed by atoms with van der Waals surface area (Å²) in [6.45, 7) is 1.57. The molecule has 0 radical (unpaired) electrons. The van der Waals surface area contributed by atoms with Gasteiger partial charge in [-0.05, 0) is 67.7 Å². The number of H-pyrrole nitrogens is 2. The highest BCUT2D eigenvalue weighted by molar-refractivity contribution is 6.01. The Bertz CT molecular complexity index is 1700. The van der Waals surface area contributed by atoms with E-state index in [2.05, 4.69) is 53.6 Å². The van der Waals surface area contributed by atoms with E-state index in [9.17, 15) is 4.39 Å². The first kappa shape index (κ1) is 22.9.